The zero-order valence-corrected chi connectivity index (χ0v) is 25.6. The van der Waals surface area contributed by atoms with Gasteiger partial charge in [0.1, 0.15) is 0 Å². The molecule has 0 fully saturated rings. The molecule has 3 heterocycles. The third-order valence-corrected chi connectivity index (χ3v) is 11.5. The summed E-state index contributed by atoms with van der Waals surface area (Å²) in [5.41, 5.74) is 0. The maximum atomic E-state index is 3.76. The van der Waals surface area contributed by atoms with E-state index in [0.29, 0.717) is 0 Å². The van der Waals surface area contributed by atoms with E-state index in [2.05, 4.69) is 75.2 Å². The second kappa shape index (κ2) is 12.9. The van der Waals surface area contributed by atoms with E-state index in [1.54, 1.807) is 4.88 Å². The Morgan fingerprint density at radius 2 is 1.12 bits per heavy atom. The Hall–Kier alpha value is 0.0600. The highest BCUT2D eigenvalue weighted by Crippen LogP contribution is 2.48. The molecular weight excluding hydrogens is 592 g/mol. The first kappa shape index (κ1) is 26.1. The predicted octanol–water partition coefficient (Wildman–Crippen LogP) is 12.7. The van der Waals surface area contributed by atoms with Crippen molar-refractivity contribution in [1.82, 2.24) is 0 Å². The van der Waals surface area contributed by atoms with Gasteiger partial charge in [-0.2, -0.15) is 0 Å². The summed E-state index contributed by atoms with van der Waals surface area (Å²) in [6, 6.07) is 7.21. The summed E-state index contributed by atoms with van der Waals surface area (Å²) in [5.74, 6) is 0.843. The Kier molecular flexibility index (Phi) is 10.2. The van der Waals surface area contributed by atoms with Crippen molar-refractivity contribution in [3.05, 3.63) is 30.6 Å². The van der Waals surface area contributed by atoms with Crippen molar-refractivity contribution >= 4 is 96.1 Å². The molecule has 1 aromatic carbocycles. The molecule has 0 nitrogen and oxygen atoms in total. The Morgan fingerprint density at radius 3 is 1.79 bits per heavy atom. The number of hydrogen-bond acceptors (Lipinski definition) is 3. The largest absolute Gasteiger partial charge is 0.140 e. The molecule has 4 aromatic rings. The summed E-state index contributed by atoms with van der Waals surface area (Å²) < 4.78 is 6.84. The van der Waals surface area contributed by atoms with Gasteiger partial charge < -0.3 is 0 Å². The van der Waals surface area contributed by atoms with Crippen molar-refractivity contribution in [3.8, 4) is 0 Å². The third kappa shape index (κ3) is 6.64. The maximum absolute atomic E-state index is 3.76. The van der Waals surface area contributed by atoms with Gasteiger partial charge in [-0.1, -0.05) is 90.9 Å². The SMILES string of the molecule is CCCCCCCCC(CCCCCC)Cc1cc2c3cc(Br)sc3c3sc(Br)cc3c2s1. The number of unbranched alkanes of at least 4 members (excludes halogenated alkanes) is 8. The molecule has 0 saturated carbocycles. The number of benzene rings is 1. The second-order valence-corrected chi connectivity index (χ2v) is 15.5. The van der Waals surface area contributed by atoms with E-state index in [9.17, 15) is 0 Å². The topological polar surface area (TPSA) is 0 Å². The van der Waals surface area contributed by atoms with Crippen LogP contribution in [0.15, 0.2) is 25.8 Å². The molecule has 0 aliphatic carbocycles. The maximum Gasteiger partial charge on any atom is 0.0712 e. The van der Waals surface area contributed by atoms with Gasteiger partial charge in [-0.15, -0.1) is 34.0 Å². The highest BCUT2D eigenvalue weighted by Gasteiger charge is 2.18. The lowest BCUT2D eigenvalue weighted by molar-refractivity contribution is 0.404. The van der Waals surface area contributed by atoms with Gasteiger partial charge in [0, 0.05) is 25.7 Å². The lowest BCUT2D eigenvalue weighted by atomic mass is 9.91. The quantitative estimate of drug-likeness (QED) is 0.122. The lowest BCUT2D eigenvalue weighted by Crippen LogP contribution is -2.04. The van der Waals surface area contributed by atoms with E-state index in [4.69, 9.17) is 0 Å². The average Bonchev–Trinajstić information content (AvgIpc) is 3.49. The highest BCUT2D eigenvalue weighted by atomic mass is 79.9. The van der Waals surface area contributed by atoms with E-state index in [-0.39, 0.29) is 0 Å². The Balaban J connectivity index is 1.54. The van der Waals surface area contributed by atoms with E-state index >= 15 is 0 Å². The Bertz CT molecular complexity index is 1090. The fourth-order valence-electron chi connectivity index (χ4n) is 5.08. The molecule has 5 heteroatoms. The summed E-state index contributed by atoms with van der Waals surface area (Å²) in [5, 5.41) is 4.34. The second-order valence-electron chi connectivity index (χ2n) is 9.52. The van der Waals surface area contributed by atoms with Crippen LogP contribution in [0, 0.1) is 5.92 Å². The van der Waals surface area contributed by atoms with Crippen LogP contribution < -0.4 is 0 Å². The molecule has 3 aromatic heterocycles. The summed E-state index contributed by atoms with van der Waals surface area (Å²) >= 11 is 13.3. The summed E-state index contributed by atoms with van der Waals surface area (Å²) in [4.78, 5) is 1.59. The van der Waals surface area contributed by atoms with Gasteiger partial charge in [-0.25, -0.2) is 0 Å². The summed E-state index contributed by atoms with van der Waals surface area (Å²) in [7, 11) is 0. The van der Waals surface area contributed by atoms with Gasteiger partial charge in [0.15, 0.2) is 0 Å². The summed E-state index contributed by atoms with van der Waals surface area (Å²) in [6.45, 7) is 4.63. The monoisotopic (exact) mass is 626 g/mol. The molecule has 1 unspecified atom stereocenters. The molecule has 180 valence electrons. The molecule has 4 rings (SSSR count). The van der Waals surface area contributed by atoms with Crippen LogP contribution in [0.3, 0.4) is 0 Å². The molecule has 0 amide bonds. The number of thiophene rings is 3. The van der Waals surface area contributed by atoms with Gasteiger partial charge in [0.2, 0.25) is 0 Å². The van der Waals surface area contributed by atoms with Gasteiger partial charge in [0.25, 0.3) is 0 Å². The molecule has 0 spiro atoms. The van der Waals surface area contributed by atoms with Crippen LogP contribution in [0.1, 0.15) is 95.8 Å². The molecule has 0 aliphatic rings. The fourth-order valence-corrected chi connectivity index (χ4v) is 9.83. The molecule has 0 bridgehead atoms. The first-order valence-electron chi connectivity index (χ1n) is 12.8. The van der Waals surface area contributed by atoms with E-state index in [1.165, 1.54) is 121 Å². The lowest BCUT2D eigenvalue weighted by Gasteiger charge is -2.16. The average molecular weight is 629 g/mol. The van der Waals surface area contributed by atoms with Crippen LogP contribution in [0.5, 0.6) is 0 Å². The molecule has 0 aliphatic heterocycles. The highest BCUT2D eigenvalue weighted by molar-refractivity contribution is 9.11. The van der Waals surface area contributed by atoms with Crippen LogP contribution in [0.4, 0.5) is 0 Å². The van der Waals surface area contributed by atoms with Crippen molar-refractivity contribution in [2.45, 2.75) is 97.3 Å². The first-order valence-corrected chi connectivity index (χ1v) is 16.9. The van der Waals surface area contributed by atoms with Gasteiger partial charge in [-0.05, 0) is 62.4 Å². The van der Waals surface area contributed by atoms with E-state index < -0.39 is 0 Å². The van der Waals surface area contributed by atoms with Crippen LogP contribution in [0.2, 0.25) is 0 Å². The van der Waals surface area contributed by atoms with E-state index in [0.717, 1.165) is 5.92 Å². The number of hydrogen-bond donors (Lipinski definition) is 0. The zero-order valence-electron chi connectivity index (χ0n) is 20.0. The predicted molar refractivity (Wildman–Crippen MR) is 162 cm³/mol. The Labute approximate surface area is 228 Å². The van der Waals surface area contributed by atoms with Crippen molar-refractivity contribution in [2.24, 2.45) is 5.92 Å². The van der Waals surface area contributed by atoms with E-state index in [1.807, 2.05) is 22.7 Å². The molecule has 1 atom stereocenters. The van der Waals surface area contributed by atoms with Crippen LogP contribution >= 0.6 is 65.9 Å². The minimum atomic E-state index is 0.843. The Morgan fingerprint density at radius 1 is 0.606 bits per heavy atom. The smallest absolute Gasteiger partial charge is 0.0712 e. The normalized spacial score (nSPS) is 13.1. The van der Waals surface area contributed by atoms with Crippen LogP contribution in [0.25, 0.3) is 30.3 Å². The minimum absolute atomic E-state index is 0.843. The molecule has 0 saturated heterocycles. The number of fused-ring (bicyclic) bond motifs is 6. The number of rotatable bonds is 14. The standard InChI is InChI=1S/C28H36Br2S3/c1-3-5-7-9-10-12-14-19(13-11-8-6-4-2)15-20-16-21-22-17-24(29)32-27(22)28-23(26(21)31-20)18-25(30)33-28/h16-19H,3-15H2,1-2H3. The summed E-state index contributed by atoms with van der Waals surface area (Å²) in [6.07, 6.45) is 18.0. The van der Waals surface area contributed by atoms with Crippen LogP contribution in [-0.4, -0.2) is 0 Å². The molecule has 33 heavy (non-hydrogen) atoms. The number of halogens is 2. The van der Waals surface area contributed by atoms with Crippen molar-refractivity contribution in [1.29, 1.82) is 0 Å². The zero-order chi connectivity index (χ0) is 23.2. The molecule has 0 radical (unpaired) electrons. The molecule has 0 N–H and O–H groups in total. The van der Waals surface area contributed by atoms with Gasteiger partial charge >= 0.3 is 0 Å². The fraction of sp³-hybridized carbons (Fsp3) is 0.571. The van der Waals surface area contributed by atoms with Crippen molar-refractivity contribution in [3.63, 3.8) is 0 Å². The first-order chi connectivity index (χ1) is 16.1. The van der Waals surface area contributed by atoms with Crippen molar-refractivity contribution < 1.29 is 0 Å². The third-order valence-electron chi connectivity index (χ3n) is 6.85. The van der Waals surface area contributed by atoms with Crippen molar-refractivity contribution in [2.75, 3.05) is 0 Å². The van der Waals surface area contributed by atoms with Gasteiger partial charge in [-0.3, -0.25) is 0 Å². The minimum Gasteiger partial charge on any atom is -0.140 e. The van der Waals surface area contributed by atoms with Gasteiger partial charge in [0.05, 0.1) is 17.0 Å². The van der Waals surface area contributed by atoms with Crippen LogP contribution in [-0.2, 0) is 6.42 Å². The molecular formula is C28H36Br2S3.